The van der Waals surface area contributed by atoms with Crippen LogP contribution in [-0.4, -0.2) is 16.1 Å². The molecule has 0 saturated heterocycles. The van der Waals surface area contributed by atoms with Crippen molar-refractivity contribution in [3.05, 3.63) is 29.8 Å². The van der Waals surface area contributed by atoms with E-state index in [2.05, 4.69) is 10.3 Å². The summed E-state index contributed by atoms with van der Waals surface area (Å²) in [7, 11) is 0. The SMILES string of the molecule is N=c1c2ccccc2nc2n1CCN2. The van der Waals surface area contributed by atoms with Crippen LogP contribution in [0, 0.1) is 5.41 Å². The molecule has 4 nitrogen and oxygen atoms in total. The van der Waals surface area contributed by atoms with E-state index in [0.717, 1.165) is 29.9 Å². The Morgan fingerprint density at radius 2 is 2.21 bits per heavy atom. The molecule has 4 heteroatoms. The zero-order valence-corrected chi connectivity index (χ0v) is 7.62. The second kappa shape index (κ2) is 2.57. The van der Waals surface area contributed by atoms with E-state index in [1.54, 1.807) is 0 Å². The molecule has 0 bridgehead atoms. The number of anilines is 1. The predicted molar refractivity (Wildman–Crippen MR) is 54.1 cm³/mol. The molecule has 1 aromatic heterocycles. The summed E-state index contributed by atoms with van der Waals surface area (Å²) in [6, 6.07) is 7.77. The van der Waals surface area contributed by atoms with E-state index >= 15 is 0 Å². The molecule has 14 heavy (non-hydrogen) atoms. The lowest BCUT2D eigenvalue weighted by atomic mass is 10.2. The third kappa shape index (κ3) is 0.878. The molecular weight excluding hydrogens is 176 g/mol. The third-order valence-electron chi connectivity index (χ3n) is 2.53. The maximum absolute atomic E-state index is 8.00. The first-order chi connectivity index (χ1) is 6.86. The van der Waals surface area contributed by atoms with Crippen LogP contribution in [0.4, 0.5) is 5.95 Å². The van der Waals surface area contributed by atoms with Gasteiger partial charge in [-0.25, -0.2) is 4.98 Å². The molecule has 0 fully saturated rings. The van der Waals surface area contributed by atoms with Gasteiger partial charge in [-0.05, 0) is 12.1 Å². The molecule has 1 aliphatic rings. The lowest BCUT2D eigenvalue weighted by Gasteiger charge is -2.04. The van der Waals surface area contributed by atoms with Gasteiger partial charge >= 0.3 is 0 Å². The highest BCUT2D eigenvalue weighted by atomic mass is 15.2. The summed E-state index contributed by atoms with van der Waals surface area (Å²) < 4.78 is 1.91. The van der Waals surface area contributed by atoms with Crippen molar-refractivity contribution in [3.8, 4) is 0 Å². The summed E-state index contributed by atoms with van der Waals surface area (Å²) in [5.74, 6) is 0.814. The highest BCUT2D eigenvalue weighted by Crippen LogP contribution is 2.13. The molecule has 0 aliphatic carbocycles. The Morgan fingerprint density at radius 3 is 3.14 bits per heavy atom. The predicted octanol–water partition coefficient (Wildman–Crippen LogP) is 0.941. The first kappa shape index (κ1) is 7.55. The number of fused-ring (bicyclic) bond motifs is 2. The summed E-state index contributed by atoms with van der Waals surface area (Å²) in [5.41, 5.74) is 1.44. The van der Waals surface area contributed by atoms with Gasteiger partial charge in [0, 0.05) is 18.5 Å². The molecule has 70 valence electrons. The van der Waals surface area contributed by atoms with Crippen LogP contribution in [0.2, 0.25) is 0 Å². The Bertz CT molecular complexity index is 556. The van der Waals surface area contributed by atoms with Crippen LogP contribution in [0.5, 0.6) is 0 Å². The number of hydrogen-bond acceptors (Lipinski definition) is 3. The monoisotopic (exact) mass is 186 g/mol. The van der Waals surface area contributed by atoms with E-state index in [-0.39, 0.29) is 0 Å². The van der Waals surface area contributed by atoms with Gasteiger partial charge in [-0.15, -0.1) is 0 Å². The van der Waals surface area contributed by atoms with Gasteiger partial charge in [0.25, 0.3) is 0 Å². The van der Waals surface area contributed by atoms with Crippen molar-refractivity contribution in [2.75, 3.05) is 11.9 Å². The summed E-state index contributed by atoms with van der Waals surface area (Å²) in [6.07, 6.45) is 0. The van der Waals surface area contributed by atoms with E-state index in [1.807, 2.05) is 28.8 Å². The van der Waals surface area contributed by atoms with Crippen LogP contribution in [0.25, 0.3) is 10.9 Å². The van der Waals surface area contributed by atoms with Crippen molar-refractivity contribution in [3.63, 3.8) is 0 Å². The Morgan fingerprint density at radius 1 is 1.36 bits per heavy atom. The number of para-hydroxylation sites is 1. The first-order valence-corrected chi connectivity index (χ1v) is 4.64. The normalized spacial score (nSPS) is 14.0. The number of hydrogen-bond donors (Lipinski definition) is 2. The standard InChI is InChI=1S/C10H10N4/c11-9-7-3-1-2-4-8(7)13-10-12-5-6-14(9)10/h1-4,11H,5-6H2,(H,12,13). The average molecular weight is 186 g/mol. The number of benzene rings is 1. The van der Waals surface area contributed by atoms with Gasteiger partial charge in [0.15, 0.2) is 0 Å². The Kier molecular flexibility index (Phi) is 1.39. The summed E-state index contributed by atoms with van der Waals surface area (Å²) in [6.45, 7) is 1.71. The highest BCUT2D eigenvalue weighted by Gasteiger charge is 2.12. The zero-order valence-electron chi connectivity index (χ0n) is 7.62. The Hall–Kier alpha value is -1.84. The molecule has 0 radical (unpaired) electrons. The lowest BCUT2D eigenvalue weighted by Crippen LogP contribution is -2.19. The van der Waals surface area contributed by atoms with Crippen LogP contribution < -0.4 is 10.8 Å². The third-order valence-corrected chi connectivity index (χ3v) is 2.53. The molecule has 0 atom stereocenters. The second-order valence-corrected chi connectivity index (χ2v) is 3.38. The van der Waals surface area contributed by atoms with Gasteiger partial charge in [0.05, 0.1) is 5.52 Å². The molecule has 2 N–H and O–H groups in total. The van der Waals surface area contributed by atoms with Crippen LogP contribution in [0.1, 0.15) is 0 Å². The van der Waals surface area contributed by atoms with Gasteiger partial charge in [0.1, 0.15) is 5.49 Å². The average Bonchev–Trinajstić information content (AvgIpc) is 2.66. The zero-order chi connectivity index (χ0) is 9.54. The number of rotatable bonds is 0. The molecule has 0 unspecified atom stereocenters. The van der Waals surface area contributed by atoms with Gasteiger partial charge < -0.3 is 5.32 Å². The summed E-state index contributed by atoms with van der Waals surface area (Å²) in [4.78, 5) is 4.45. The fourth-order valence-corrected chi connectivity index (χ4v) is 1.83. The summed E-state index contributed by atoms with van der Waals surface area (Å²) in [5, 5.41) is 12.1. The van der Waals surface area contributed by atoms with E-state index in [9.17, 15) is 0 Å². The molecule has 3 rings (SSSR count). The molecule has 1 aromatic carbocycles. The van der Waals surface area contributed by atoms with Crippen molar-refractivity contribution in [2.45, 2.75) is 6.54 Å². The van der Waals surface area contributed by atoms with Gasteiger partial charge in [-0.2, -0.15) is 0 Å². The topological polar surface area (TPSA) is 53.7 Å². The molecular formula is C10H10N4. The van der Waals surface area contributed by atoms with Gasteiger partial charge in [-0.1, -0.05) is 12.1 Å². The van der Waals surface area contributed by atoms with E-state index in [0.29, 0.717) is 5.49 Å². The van der Waals surface area contributed by atoms with Crippen molar-refractivity contribution >= 4 is 16.9 Å². The minimum absolute atomic E-state index is 0.551. The number of nitrogens with zero attached hydrogens (tertiary/aromatic N) is 2. The smallest absolute Gasteiger partial charge is 0.205 e. The van der Waals surface area contributed by atoms with Crippen molar-refractivity contribution in [1.82, 2.24) is 9.55 Å². The molecule has 0 amide bonds. The molecule has 2 aromatic rings. The van der Waals surface area contributed by atoms with Crippen molar-refractivity contribution in [1.29, 1.82) is 5.41 Å². The maximum atomic E-state index is 8.00. The minimum atomic E-state index is 0.551. The van der Waals surface area contributed by atoms with Crippen molar-refractivity contribution in [2.24, 2.45) is 0 Å². The quantitative estimate of drug-likeness (QED) is 0.643. The Labute approximate surface area is 80.7 Å². The lowest BCUT2D eigenvalue weighted by molar-refractivity contribution is 0.745. The largest absolute Gasteiger partial charge is 0.354 e. The Balaban J connectivity index is 2.50. The molecule has 2 heterocycles. The first-order valence-electron chi connectivity index (χ1n) is 4.64. The molecule has 0 saturated carbocycles. The minimum Gasteiger partial charge on any atom is -0.354 e. The number of aromatic nitrogens is 2. The fourth-order valence-electron chi connectivity index (χ4n) is 1.83. The highest BCUT2D eigenvalue weighted by molar-refractivity contribution is 5.78. The van der Waals surface area contributed by atoms with E-state index < -0.39 is 0 Å². The summed E-state index contributed by atoms with van der Waals surface area (Å²) >= 11 is 0. The van der Waals surface area contributed by atoms with Crippen LogP contribution in [0.3, 0.4) is 0 Å². The van der Waals surface area contributed by atoms with Gasteiger partial charge in [-0.3, -0.25) is 9.98 Å². The van der Waals surface area contributed by atoms with Crippen LogP contribution in [-0.2, 0) is 6.54 Å². The van der Waals surface area contributed by atoms with E-state index in [4.69, 9.17) is 5.41 Å². The molecule has 1 aliphatic heterocycles. The number of nitrogens with one attached hydrogen (secondary N) is 2. The fraction of sp³-hybridized carbons (Fsp3) is 0.200. The van der Waals surface area contributed by atoms with Crippen molar-refractivity contribution < 1.29 is 0 Å². The van der Waals surface area contributed by atoms with E-state index in [1.165, 1.54) is 0 Å². The van der Waals surface area contributed by atoms with Crippen LogP contribution >= 0.6 is 0 Å². The maximum Gasteiger partial charge on any atom is 0.205 e. The van der Waals surface area contributed by atoms with Gasteiger partial charge in [0.2, 0.25) is 5.95 Å². The van der Waals surface area contributed by atoms with Crippen LogP contribution in [0.15, 0.2) is 24.3 Å². The second-order valence-electron chi connectivity index (χ2n) is 3.38. The molecule has 0 spiro atoms.